The highest BCUT2D eigenvalue weighted by Crippen LogP contribution is 2.36. The molecule has 9 nitrogen and oxygen atoms in total. The normalized spacial score (nSPS) is 15.3. The molecule has 1 unspecified atom stereocenters. The number of rotatable bonds is 7. The molecule has 0 saturated carbocycles. The first kappa shape index (κ1) is 20.3. The van der Waals surface area contributed by atoms with E-state index in [9.17, 15) is 24.4 Å². The molecular weight excluding hydrogens is 387 g/mol. The third-order valence-corrected chi connectivity index (χ3v) is 4.46. The zero-order valence-electron chi connectivity index (χ0n) is 15.5. The van der Waals surface area contributed by atoms with Gasteiger partial charge in [-0.05, 0) is 23.8 Å². The minimum Gasteiger partial charge on any atom is -0.489 e. The summed E-state index contributed by atoms with van der Waals surface area (Å²) in [7, 11) is 1.19. The second-order valence-corrected chi connectivity index (χ2v) is 6.31. The molecule has 10 heteroatoms. The number of benzene rings is 2. The van der Waals surface area contributed by atoms with Gasteiger partial charge in [0.05, 0.1) is 30.4 Å². The summed E-state index contributed by atoms with van der Waals surface area (Å²) in [6.45, 7) is -0.300. The van der Waals surface area contributed by atoms with Gasteiger partial charge in [-0.1, -0.05) is 6.07 Å². The molecule has 2 aromatic rings. The van der Waals surface area contributed by atoms with Crippen molar-refractivity contribution in [1.29, 1.82) is 0 Å². The van der Waals surface area contributed by atoms with Crippen LogP contribution in [0.3, 0.4) is 0 Å². The predicted octanol–water partition coefficient (Wildman–Crippen LogP) is 2.05. The lowest BCUT2D eigenvalue weighted by molar-refractivity contribution is -0.385. The van der Waals surface area contributed by atoms with Crippen LogP contribution < -0.4 is 14.4 Å². The van der Waals surface area contributed by atoms with Gasteiger partial charge < -0.3 is 24.2 Å². The van der Waals surface area contributed by atoms with Crippen molar-refractivity contribution in [3.05, 3.63) is 57.9 Å². The van der Waals surface area contributed by atoms with E-state index in [2.05, 4.69) is 4.74 Å². The monoisotopic (exact) mass is 406 g/mol. The molecule has 0 bridgehead atoms. The van der Waals surface area contributed by atoms with Crippen LogP contribution in [-0.4, -0.2) is 49.0 Å². The lowest BCUT2D eigenvalue weighted by Gasteiger charge is -2.37. The van der Waals surface area contributed by atoms with Gasteiger partial charge in [-0.25, -0.2) is 9.18 Å². The molecule has 154 valence electrons. The zero-order valence-corrected chi connectivity index (χ0v) is 15.5. The average molecular weight is 406 g/mol. The van der Waals surface area contributed by atoms with Crippen LogP contribution in [0.15, 0.2) is 36.4 Å². The molecule has 2 aromatic carbocycles. The maximum absolute atomic E-state index is 13.5. The first-order valence-corrected chi connectivity index (χ1v) is 8.69. The molecule has 29 heavy (non-hydrogen) atoms. The number of halogens is 1. The summed E-state index contributed by atoms with van der Waals surface area (Å²) < 4.78 is 28.6. The molecule has 1 aliphatic rings. The van der Waals surface area contributed by atoms with Crippen molar-refractivity contribution in [2.45, 2.75) is 12.6 Å². The fourth-order valence-corrected chi connectivity index (χ4v) is 3.00. The van der Waals surface area contributed by atoms with E-state index in [4.69, 9.17) is 9.47 Å². The van der Waals surface area contributed by atoms with E-state index in [1.807, 2.05) is 0 Å². The Morgan fingerprint density at radius 1 is 1.38 bits per heavy atom. The van der Waals surface area contributed by atoms with Crippen LogP contribution in [0, 0.1) is 15.9 Å². The van der Waals surface area contributed by atoms with Crippen molar-refractivity contribution < 1.29 is 33.4 Å². The van der Waals surface area contributed by atoms with Crippen molar-refractivity contribution in [1.82, 2.24) is 0 Å². The van der Waals surface area contributed by atoms with Crippen LogP contribution in [0.5, 0.6) is 11.5 Å². The van der Waals surface area contributed by atoms with Gasteiger partial charge in [-0.3, -0.25) is 10.1 Å². The number of methoxy groups -OCH3 is 1. The number of hydrogen-bond donors (Lipinski definition) is 1. The summed E-state index contributed by atoms with van der Waals surface area (Å²) in [6.07, 6.45) is 0. The van der Waals surface area contributed by atoms with Gasteiger partial charge in [0.15, 0.2) is 12.4 Å². The van der Waals surface area contributed by atoms with Crippen LogP contribution in [0.25, 0.3) is 0 Å². The molecule has 0 aromatic heterocycles. The van der Waals surface area contributed by atoms with Crippen molar-refractivity contribution >= 4 is 17.3 Å². The molecule has 0 amide bonds. The number of carbonyl (C=O) groups excluding carboxylic acids is 1. The summed E-state index contributed by atoms with van der Waals surface area (Å²) in [6, 6.07) is 8.02. The van der Waals surface area contributed by atoms with Crippen molar-refractivity contribution in [3.8, 4) is 11.5 Å². The Balaban J connectivity index is 1.88. The third kappa shape index (κ3) is 4.54. The number of aliphatic hydroxyl groups excluding tert-OH is 1. The summed E-state index contributed by atoms with van der Waals surface area (Å²) in [5.41, 5.74) is 0.836. The largest absolute Gasteiger partial charge is 0.489 e. The number of nitro benzene ring substituents is 1. The standard InChI is InChI=1S/C19H19FN2O7/c1-27-19(24)11-29-17-5-2-12(6-16(17)22(25)26)8-21-14(9-23)10-28-18-7-13(20)3-4-15(18)21/h2-7,14,23H,8-11H2,1H3. The second kappa shape index (κ2) is 8.74. The van der Waals surface area contributed by atoms with E-state index in [1.54, 1.807) is 11.0 Å². The van der Waals surface area contributed by atoms with Crippen LogP contribution in [-0.2, 0) is 16.1 Å². The Labute approximate surface area is 165 Å². The second-order valence-electron chi connectivity index (χ2n) is 6.31. The van der Waals surface area contributed by atoms with E-state index in [1.165, 1.54) is 37.4 Å². The van der Waals surface area contributed by atoms with E-state index in [0.29, 0.717) is 17.0 Å². The number of nitrogens with zero attached hydrogens (tertiary/aromatic N) is 2. The first-order chi connectivity index (χ1) is 13.9. The summed E-state index contributed by atoms with van der Waals surface area (Å²) in [5.74, 6) is -0.838. The number of aliphatic hydroxyl groups is 1. The zero-order chi connectivity index (χ0) is 21.0. The van der Waals surface area contributed by atoms with E-state index in [0.717, 1.165) is 0 Å². The van der Waals surface area contributed by atoms with Crippen molar-refractivity contribution in [3.63, 3.8) is 0 Å². The Morgan fingerprint density at radius 3 is 2.86 bits per heavy atom. The van der Waals surface area contributed by atoms with Gasteiger partial charge in [0.25, 0.3) is 0 Å². The molecule has 1 aliphatic heterocycles. The van der Waals surface area contributed by atoms with Crippen LogP contribution in [0.2, 0.25) is 0 Å². The fourth-order valence-electron chi connectivity index (χ4n) is 3.00. The van der Waals surface area contributed by atoms with Gasteiger partial charge in [0, 0.05) is 18.7 Å². The molecule has 0 spiro atoms. The molecule has 0 radical (unpaired) electrons. The molecule has 1 heterocycles. The van der Waals surface area contributed by atoms with E-state index >= 15 is 0 Å². The Hall–Kier alpha value is -3.40. The molecule has 0 saturated heterocycles. The SMILES string of the molecule is COC(=O)COc1ccc(CN2c3ccc(F)cc3OCC2CO)cc1[N+](=O)[O-]. The Kier molecular flexibility index (Phi) is 6.13. The van der Waals surface area contributed by atoms with Crippen molar-refractivity contribution in [2.75, 3.05) is 31.8 Å². The van der Waals surface area contributed by atoms with Crippen LogP contribution in [0.1, 0.15) is 5.56 Å². The summed E-state index contributed by atoms with van der Waals surface area (Å²) >= 11 is 0. The summed E-state index contributed by atoms with van der Waals surface area (Å²) in [4.78, 5) is 23.8. The number of carbonyl (C=O) groups is 1. The summed E-state index contributed by atoms with van der Waals surface area (Å²) in [5, 5.41) is 21.1. The third-order valence-electron chi connectivity index (χ3n) is 4.46. The molecule has 0 fully saturated rings. The number of ether oxygens (including phenoxy) is 3. The minimum absolute atomic E-state index is 0.0627. The molecule has 0 aliphatic carbocycles. The van der Waals surface area contributed by atoms with Crippen molar-refractivity contribution in [2.24, 2.45) is 0 Å². The number of anilines is 1. The quantitative estimate of drug-likeness (QED) is 0.422. The Bertz CT molecular complexity index is 921. The van der Waals surface area contributed by atoms with Gasteiger partial charge in [0.1, 0.15) is 18.2 Å². The van der Waals surface area contributed by atoms with Gasteiger partial charge in [0.2, 0.25) is 0 Å². The lowest BCUT2D eigenvalue weighted by atomic mass is 10.1. The number of esters is 1. The van der Waals surface area contributed by atoms with E-state index < -0.39 is 29.4 Å². The maximum atomic E-state index is 13.5. The predicted molar refractivity (Wildman–Crippen MR) is 99.6 cm³/mol. The average Bonchev–Trinajstić information content (AvgIpc) is 2.72. The minimum atomic E-state index is -0.661. The van der Waals surface area contributed by atoms with Gasteiger partial charge in [-0.2, -0.15) is 0 Å². The number of fused-ring (bicyclic) bond motifs is 1. The molecule has 1 N–H and O–H groups in total. The first-order valence-electron chi connectivity index (χ1n) is 8.69. The fraction of sp³-hybridized carbons (Fsp3) is 0.316. The smallest absolute Gasteiger partial charge is 0.343 e. The highest BCUT2D eigenvalue weighted by molar-refractivity contribution is 5.71. The number of nitro groups is 1. The highest BCUT2D eigenvalue weighted by atomic mass is 19.1. The van der Waals surface area contributed by atoms with Gasteiger partial charge in [-0.15, -0.1) is 0 Å². The maximum Gasteiger partial charge on any atom is 0.343 e. The highest BCUT2D eigenvalue weighted by Gasteiger charge is 2.28. The number of hydrogen-bond acceptors (Lipinski definition) is 8. The lowest BCUT2D eigenvalue weighted by Crippen LogP contribution is -2.45. The van der Waals surface area contributed by atoms with Crippen LogP contribution >= 0.6 is 0 Å². The Morgan fingerprint density at radius 2 is 2.17 bits per heavy atom. The molecule has 1 atom stereocenters. The van der Waals surface area contributed by atoms with Crippen LogP contribution in [0.4, 0.5) is 15.8 Å². The van der Waals surface area contributed by atoms with E-state index in [-0.39, 0.29) is 31.2 Å². The topological polar surface area (TPSA) is 111 Å². The van der Waals surface area contributed by atoms with Gasteiger partial charge >= 0.3 is 11.7 Å². The molecular formula is C19H19FN2O7. The molecule has 3 rings (SSSR count).